The monoisotopic (exact) mass is 422 g/mol. The van der Waals surface area contributed by atoms with Crippen LogP contribution in [0.1, 0.15) is 50.9 Å². The van der Waals surface area contributed by atoms with Gasteiger partial charge in [-0.3, -0.25) is 4.79 Å². The smallest absolute Gasteiger partial charge is 0.237 e. The number of amides is 1. The predicted molar refractivity (Wildman–Crippen MR) is 105 cm³/mol. The van der Waals surface area contributed by atoms with Gasteiger partial charge in [0.05, 0.1) is 5.25 Å². The van der Waals surface area contributed by atoms with Gasteiger partial charge >= 0.3 is 0 Å². The number of halogens is 1. The number of rotatable bonds is 5. The number of aromatic nitrogens is 3. The molecule has 1 saturated carbocycles. The summed E-state index contributed by atoms with van der Waals surface area (Å²) in [7, 11) is 0. The standard InChI is InChI=1S/C18H23BrN4OS/c1-12(17(24)20-15-10-8-14(19)9-11-15)25-18-22-21-13(2)23(18)16-6-4-3-5-7-16/h8-12,16H,3-7H2,1-2H3,(H,20,24). The molecule has 1 aromatic carbocycles. The highest BCUT2D eigenvalue weighted by Crippen LogP contribution is 2.33. The summed E-state index contributed by atoms with van der Waals surface area (Å²) in [5, 5.41) is 12.1. The predicted octanol–water partition coefficient (Wildman–Crippen LogP) is 4.97. The van der Waals surface area contributed by atoms with Crippen molar-refractivity contribution in [3.8, 4) is 0 Å². The highest BCUT2D eigenvalue weighted by molar-refractivity contribution is 9.10. The van der Waals surface area contributed by atoms with Crippen LogP contribution in [-0.4, -0.2) is 25.9 Å². The largest absolute Gasteiger partial charge is 0.325 e. The van der Waals surface area contributed by atoms with Gasteiger partial charge in [0, 0.05) is 16.2 Å². The lowest BCUT2D eigenvalue weighted by atomic mass is 9.95. The zero-order chi connectivity index (χ0) is 17.8. The van der Waals surface area contributed by atoms with E-state index in [2.05, 4.69) is 36.0 Å². The quantitative estimate of drug-likeness (QED) is 0.690. The molecule has 1 fully saturated rings. The van der Waals surface area contributed by atoms with Crippen LogP contribution in [0.15, 0.2) is 33.9 Å². The number of carbonyl (C=O) groups excluding carboxylic acids is 1. The summed E-state index contributed by atoms with van der Waals surface area (Å²) >= 11 is 4.88. The number of hydrogen-bond donors (Lipinski definition) is 1. The van der Waals surface area contributed by atoms with E-state index in [0.717, 1.165) is 21.1 Å². The van der Waals surface area contributed by atoms with Gasteiger partial charge in [0.25, 0.3) is 0 Å². The van der Waals surface area contributed by atoms with E-state index in [4.69, 9.17) is 0 Å². The van der Waals surface area contributed by atoms with Crippen molar-refractivity contribution in [3.63, 3.8) is 0 Å². The maximum atomic E-state index is 12.5. The molecule has 1 aliphatic carbocycles. The summed E-state index contributed by atoms with van der Waals surface area (Å²) in [6.45, 7) is 3.91. The van der Waals surface area contributed by atoms with Crippen molar-refractivity contribution in [2.75, 3.05) is 5.32 Å². The summed E-state index contributed by atoms with van der Waals surface area (Å²) in [5.74, 6) is 0.915. The van der Waals surface area contributed by atoms with Crippen LogP contribution in [0.3, 0.4) is 0 Å². The Hall–Kier alpha value is -1.34. The van der Waals surface area contributed by atoms with E-state index in [-0.39, 0.29) is 11.2 Å². The summed E-state index contributed by atoms with van der Waals surface area (Å²) in [5.41, 5.74) is 0.797. The van der Waals surface area contributed by atoms with Gasteiger partial charge in [-0.1, -0.05) is 47.0 Å². The van der Waals surface area contributed by atoms with Crippen LogP contribution in [0.2, 0.25) is 0 Å². The maximum Gasteiger partial charge on any atom is 0.237 e. The van der Waals surface area contributed by atoms with E-state index in [0.29, 0.717) is 6.04 Å². The second-order valence-electron chi connectivity index (χ2n) is 6.45. The minimum Gasteiger partial charge on any atom is -0.325 e. The van der Waals surface area contributed by atoms with Gasteiger partial charge in [-0.05, 0) is 51.0 Å². The molecule has 0 saturated heterocycles. The Bertz CT molecular complexity index is 725. The van der Waals surface area contributed by atoms with Crippen LogP contribution < -0.4 is 5.32 Å². The van der Waals surface area contributed by atoms with Crippen molar-refractivity contribution < 1.29 is 4.79 Å². The molecule has 134 valence electrons. The molecule has 1 unspecified atom stereocenters. The summed E-state index contributed by atoms with van der Waals surface area (Å²) in [4.78, 5) is 12.5. The second kappa shape index (κ2) is 8.36. The van der Waals surface area contributed by atoms with Gasteiger partial charge in [0.1, 0.15) is 5.82 Å². The molecule has 1 N–H and O–H groups in total. The lowest BCUT2D eigenvalue weighted by molar-refractivity contribution is -0.115. The number of nitrogens with one attached hydrogen (secondary N) is 1. The first-order valence-electron chi connectivity index (χ1n) is 8.69. The molecule has 25 heavy (non-hydrogen) atoms. The lowest BCUT2D eigenvalue weighted by Gasteiger charge is -2.25. The molecule has 1 aromatic heterocycles. The second-order valence-corrected chi connectivity index (χ2v) is 8.67. The Morgan fingerprint density at radius 2 is 1.92 bits per heavy atom. The van der Waals surface area contributed by atoms with E-state index in [1.165, 1.54) is 43.9 Å². The molecule has 5 nitrogen and oxygen atoms in total. The van der Waals surface area contributed by atoms with Crippen LogP contribution >= 0.6 is 27.7 Å². The third kappa shape index (κ3) is 4.64. The third-order valence-corrected chi connectivity index (χ3v) is 6.12. The minimum atomic E-state index is -0.241. The van der Waals surface area contributed by atoms with Gasteiger partial charge in [0.15, 0.2) is 5.16 Å². The number of carbonyl (C=O) groups is 1. The van der Waals surface area contributed by atoms with Crippen LogP contribution in [0.25, 0.3) is 0 Å². The first-order valence-corrected chi connectivity index (χ1v) is 10.4. The van der Waals surface area contributed by atoms with E-state index in [1.54, 1.807) is 0 Å². The molecular formula is C18H23BrN4OS. The summed E-state index contributed by atoms with van der Waals surface area (Å²) < 4.78 is 3.22. The Kier molecular flexibility index (Phi) is 6.17. The number of benzene rings is 1. The molecule has 1 aliphatic rings. The number of hydrogen-bond acceptors (Lipinski definition) is 4. The zero-order valence-electron chi connectivity index (χ0n) is 14.5. The van der Waals surface area contributed by atoms with Gasteiger partial charge in [-0.2, -0.15) is 0 Å². The Morgan fingerprint density at radius 3 is 2.60 bits per heavy atom. The first-order chi connectivity index (χ1) is 12.0. The average Bonchev–Trinajstić information content (AvgIpc) is 2.98. The van der Waals surface area contributed by atoms with Crippen molar-refractivity contribution in [3.05, 3.63) is 34.6 Å². The molecule has 3 rings (SSSR count). The van der Waals surface area contributed by atoms with Crippen LogP contribution in [0.5, 0.6) is 0 Å². The van der Waals surface area contributed by atoms with Crippen molar-refractivity contribution in [1.82, 2.24) is 14.8 Å². The van der Waals surface area contributed by atoms with Gasteiger partial charge < -0.3 is 9.88 Å². The van der Waals surface area contributed by atoms with E-state index in [9.17, 15) is 4.79 Å². The highest BCUT2D eigenvalue weighted by atomic mass is 79.9. The van der Waals surface area contributed by atoms with Gasteiger partial charge in [-0.25, -0.2) is 0 Å². The normalized spacial score (nSPS) is 16.6. The number of aryl methyl sites for hydroxylation is 1. The molecule has 1 heterocycles. The minimum absolute atomic E-state index is 0.0248. The fourth-order valence-electron chi connectivity index (χ4n) is 3.18. The van der Waals surface area contributed by atoms with Gasteiger partial charge in [-0.15, -0.1) is 10.2 Å². The van der Waals surface area contributed by atoms with Gasteiger partial charge in [0.2, 0.25) is 5.91 Å². The Labute approximate surface area is 161 Å². The highest BCUT2D eigenvalue weighted by Gasteiger charge is 2.24. The molecule has 0 radical (unpaired) electrons. The molecule has 1 atom stereocenters. The fraction of sp³-hybridized carbons (Fsp3) is 0.500. The summed E-state index contributed by atoms with van der Waals surface area (Å²) in [6, 6.07) is 8.06. The molecular weight excluding hydrogens is 400 g/mol. The van der Waals surface area contributed by atoms with Crippen LogP contribution in [-0.2, 0) is 4.79 Å². The molecule has 7 heteroatoms. The number of nitrogens with zero attached hydrogens (tertiary/aromatic N) is 3. The van der Waals surface area contributed by atoms with E-state index < -0.39 is 0 Å². The molecule has 0 spiro atoms. The lowest BCUT2D eigenvalue weighted by Crippen LogP contribution is -2.23. The molecule has 2 aromatic rings. The number of anilines is 1. The van der Waals surface area contributed by atoms with Crippen molar-refractivity contribution in [2.45, 2.75) is 62.4 Å². The topological polar surface area (TPSA) is 59.8 Å². The van der Waals surface area contributed by atoms with Crippen molar-refractivity contribution in [2.24, 2.45) is 0 Å². The molecule has 0 aliphatic heterocycles. The third-order valence-electron chi connectivity index (χ3n) is 4.54. The van der Waals surface area contributed by atoms with Crippen LogP contribution in [0, 0.1) is 6.92 Å². The number of thioether (sulfide) groups is 1. The molecule has 1 amide bonds. The van der Waals surface area contributed by atoms with Crippen molar-refractivity contribution >= 4 is 39.3 Å². The van der Waals surface area contributed by atoms with Crippen molar-refractivity contribution in [1.29, 1.82) is 0 Å². The maximum absolute atomic E-state index is 12.5. The fourth-order valence-corrected chi connectivity index (χ4v) is 4.41. The van der Waals surface area contributed by atoms with E-state index >= 15 is 0 Å². The average molecular weight is 423 g/mol. The first kappa shape index (κ1) is 18.5. The summed E-state index contributed by atoms with van der Waals surface area (Å²) in [6.07, 6.45) is 6.17. The SMILES string of the molecule is Cc1nnc(SC(C)C(=O)Nc2ccc(Br)cc2)n1C1CCCCC1. The van der Waals surface area contributed by atoms with Crippen LogP contribution in [0.4, 0.5) is 5.69 Å². The van der Waals surface area contributed by atoms with E-state index in [1.807, 2.05) is 38.1 Å². The Balaban J connectivity index is 1.67. The molecule has 0 bridgehead atoms. The zero-order valence-corrected chi connectivity index (χ0v) is 16.9. The Morgan fingerprint density at radius 1 is 1.24 bits per heavy atom.